The molecular weight excluding hydrogens is 348 g/mol. The third-order valence-electron chi connectivity index (χ3n) is 3.22. The first-order valence-corrected chi connectivity index (χ1v) is 9.53. The highest BCUT2D eigenvalue weighted by molar-refractivity contribution is 7.94. The number of methoxy groups -OCH3 is 1. The standard InChI is InChI=1S/C12H16N2O7S2/c1-8-7-22(16,17)14(12(8)15)9-4-5-10(20-2)11(6-9)23(18,19)13-21-3/h4-6,8,13H,7H2,1-3H3. The molecular formula is C12H16N2O7S2. The smallest absolute Gasteiger partial charge is 0.266 e. The van der Waals surface area contributed by atoms with Gasteiger partial charge < -0.3 is 4.74 Å². The topological polar surface area (TPSA) is 119 Å². The number of anilines is 1. The molecule has 1 heterocycles. The van der Waals surface area contributed by atoms with Crippen LogP contribution in [0.2, 0.25) is 0 Å². The number of hydrogen-bond acceptors (Lipinski definition) is 7. The van der Waals surface area contributed by atoms with E-state index in [1.165, 1.54) is 26.2 Å². The zero-order chi connectivity index (χ0) is 17.4. The summed E-state index contributed by atoms with van der Waals surface area (Å²) in [7, 11) is -5.56. The van der Waals surface area contributed by atoms with Gasteiger partial charge in [-0.15, -0.1) is 0 Å². The van der Waals surface area contributed by atoms with Crippen molar-refractivity contribution in [3.63, 3.8) is 0 Å². The quantitative estimate of drug-likeness (QED) is 0.722. The first-order valence-electron chi connectivity index (χ1n) is 6.43. The Kier molecular flexibility index (Phi) is 4.66. The predicted octanol–water partition coefficient (Wildman–Crippen LogP) is -0.153. The van der Waals surface area contributed by atoms with Gasteiger partial charge in [0, 0.05) is 0 Å². The van der Waals surface area contributed by atoms with E-state index in [4.69, 9.17) is 4.74 Å². The van der Waals surface area contributed by atoms with Gasteiger partial charge in [0.1, 0.15) is 10.6 Å². The first-order chi connectivity index (χ1) is 10.6. The molecule has 1 atom stereocenters. The van der Waals surface area contributed by atoms with Crippen molar-refractivity contribution in [3.8, 4) is 5.75 Å². The number of ether oxygens (including phenoxy) is 1. The molecule has 1 N–H and O–H groups in total. The fraction of sp³-hybridized carbons (Fsp3) is 0.417. The third-order valence-corrected chi connectivity index (χ3v) is 6.38. The van der Waals surface area contributed by atoms with Gasteiger partial charge in [-0.1, -0.05) is 11.8 Å². The Morgan fingerprint density at radius 2 is 1.96 bits per heavy atom. The van der Waals surface area contributed by atoms with Crippen LogP contribution in [0.3, 0.4) is 0 Å². The van der Waals surface area contributed by atoms with Crippen LogP contribution in [-0.4, -0.2) is 42.7 Å². The Morgan fingerprint density at radius 3 is 2.43 bits per heavy atom. The van der Waals surface area contributed by atoms with E-state index in [1.54, 1.807) is 0 Å². The maximum atomic E-state index is 12.1. The van der Waals surface area contributed by atoms with Crippen LogP contribution in [0, 0.1) is 5.92 Å². The Hall–Kier alpha value is -1.69. The minimum absolute atomic E-state index is 0.0182. The van der Waals surface area contributed by atoms with Crippen molar-refractivity contribution in [2.75, 3.05) is 24.3 Å². The maximum Gasteiger partial charge on any atom is 0.266 e. The zero-order valence-corrected chi connectivity index (χ0v) is 14.3. The average Bonchev–Trinajstić information content (AvgIpc) is 2.66. The van der Waals surface area contributed by atoms with Crippen molar-refractivity contribution in [2.24, 2.45) is 5.92 Å². The SMILES string of the molecule is CONS(=O)(=O)c1cc(N2C(=O)C(C)CS2(=O)=O)ccc1OC. The van der Waals surface area contributed by atoms with Crippen LogP contribution >= 0.6 is 0 Å². The number of carbonyl (C=O) groups excluding carboxylic acids is 1. The molecule has 1 saturated heterocycles. The molecule has 0 radical (unpaired) electrons. The van der Waals surface area contributed by atoms with Crippen molar-refractivity contribution in [2.45, 2.75) is 11.8 Å². The van der Waals surface area contributed by atoms with Crippen LogP contribution in [0.25, 0.3) is 0 Å². The van der Waals surface area contributed by atoms with Gasteiger partial charge in [0.25, 0.3) is 10.0 Å². The predicted molar refractivity (Wildman–Crippen MR) is 80.8 cm³/mol. The van der Waals surface area contributed by atoms with Crippen LogP contribution in [0.1, 0.15) is 6.92 Å². The Balaban J connectivity index is 2.61. The van der Waals surface area contributed by atoms with Gasteiger partial charge in [-0.25, -0.2) is 21.1 Å². The molecule has 128 valence electrons. The van der Waals surface area contributed by atoms with Crippen molar-refractivity contribution < 1.29 is 31.2 Å². The summed E-state index contributed by atoms with van der Waals surface area (Å²) in [6.45, 7) is 1.49. The number of hydrogen-bond donors (Lipinski definition) is 1. The molecule has 0 aromatic heterocycles. The number of sulfonamides is 2. The summed E-state index contributed by atoms with van der Waals surface area (Å²) >= 11 is 0. The molecule has 0 bridgehead atoms. The van der Waals surface area contributed by atoms with Crippen LogP contribution in [0.15, 0.2) is 23.1 Å². The highest BCUT2D eigenvalue weighted by Gasteiger charge is 2.42. The largest absolute Gasteiger partial charge is 0.495 e. The number of amides is 1. The van der Waals surface area contributed by atoms with E-state index in [1.807, 2.05) is 4.89 Å². The Morgan fingerprint density at radius 1 is 1.30 bits per heavy atom. The molecule has 1 aliphatic heterocycles. The van der Waals surface area contributed by atoms with Crippen molar-refractivity contribution >= 4 is 31.6 Å². The van der Waals surface area contributed by atoms with Crippen LogP contribution in [0.5, 0.6) is 5.75 Å². The molecule has 9 nitrogen and oxygen atoms in total. The van der Waals surface area contributed by atoms with E-state index in [2.05, 4.69) is 4.84 Å². The van der Waals surface area contributed by atoms with Crippen molar-refractivity contribution in [1.82, 2.24) is 4.89 Å². The minimum atomic E-state index is -4.10. The van der Waals surface area contributed by atoms with E-state index in [-0.39, 0.29) is 22.1 Å². The lowest BCUT2D eigenvalue weighted by atomic mass is 10.2. The number of benzene rings is 1. The molecule has 1 unspecified atom stereocenters. The molecule has 0 spiro atoms. The second kappa shape index (κ2) is 6.07. The number of carbonyl (C=O) groups is 1. The summed E-state index contributed by atoms with van der Waals surface area (Å²) in [4.78, 5) is 18.0. The molecule has 2 rings (SSSR count). The molecule has 0 saturated carbocycles. The van der Waals surface area contributed by atoms with E-state index >= 15 is 0 Å². The molecule has 1 fully saturated rings. The summed E-state index contributed by atoms with van der Waals surface area (Å²) < 4.78 is 54.0. The van der Waals surface area contributed by atoms with E-state index in [0.29, 0.717) is 4.31 Å². The Labute approximate surface area is 134 Å². The van der Waals surface area contributed by atoms with E-state index < -0.39 is 31.9 Å². The molecule has 1 aromatic carbocycles. The molecule has 0 aliphatic carbocycles. The fourth-order valence-corrected chi connectivity index (χ4v) is 5.06. The lowest BCUT2D eigenvalue weighted by molar-refractivity contribution is -0.119. The van der Waals surface area contributed by atoms with E-state index in [9.17, 15) is 21.6 Å². The normalized spacial score (nSPS) is 20.7. The van der Waals surface area contributed by atoms with Crippen LogP contribution in [0.4, 0.5) is 5.69 Å². The van der Waals surface area contributed by atoms with Crippen molar-refractivity contribution in [3.05, 3.63) is 18.2 Å². The molecule has 1 aromatic rings. The van der Waals surface area contributed by atoms with Crippen molar-refractivity contribution in [1.29, 1.82) is 0 Å². The average molecular weight is 364 g/mol. The second-order valence-electron chi connectivity index (χ2n) is 4.91. The van der Waals surface area contributed by atoms with E-state index in [0.717, 1.165) is 13.2 Å². The lowest BCUT2D eigenvalue weighted by Gasteiger charge is -2.17. The molecule has 11 heteroatoms. The first kappa shape index (κ1) is 17.7. The zero-order valence-electron chi connectivity index (χ0n) is 12.6. The lowest BCUT2D eigenvalue weighted by Crippen LogP contribution is -2.31. The monoisotopic (exact) mass is 364 g/mol. The maximum absolute atomic E-state index is 12.1. The van der Waals surface area contributed by atoms with Crippen LogP contribution in [-0.2, 0) is 29.7 Å². The summed E-state index contributed by atoms with van der Waals surface area (Å²) in [6.07, 6.45) is 0. The van der Waals surface area contributed by atoms with Gasteiger partial charge in [-0.05, 0) is 18.2 Å². The van der Waals surface area contributed by atoms with Gasteiger partial charge in [0.15, 0.2) is 0 Å². The van der Waals surface area contributed by atoms with Gasteiger partial charge >= 0.3 is 0 Å². The molecule has 1 amide bonds. The van der Waals surface area contributed by atoms with Gasteiger partial charge in [0.2, 0.25) is 15.9 Å². The summed E-state index contributed by atoms with van der Waals surface area (Å²) in [6, 6.07) is 3.62. The number of nitrogens with one attached hydrogen (secondary N) is 1. The summed E-state index contributed by atoms with van der Waals surface area (Å²) in [5.41, 5.74) is -0.0726. The highest BCUT2D eigenvalue weighted by atomic mass is 32.2. The van der Waals surface area contributed by atoms with Gasteiger partial charge in [-0.2, -0.15) is 0 Å². The fourth-order valence-electron chi connectivity index (χ4n) is 2.24. The summed E-state index contributed by atoms with van der Waals surface area (Å²) in [5.74, 6) is -1.65. The van der Waals surface area contributed by atoms with Gasteiger partial charge in [-0.3, -0.25) is 9.63 Å². The second-order valence-corrected chi connectivity index (χ2v) is 8.38. The highest BCUT2D eigenvalue weighted by Crippen LogP contribution is 2.33. The molecule has 1 aliphatic rings. The third kappa shape index (κ3) is 3.17. The number of nitrogens with zero attached hydrogens (tertiary/aromatic N) is 1. The minimum Gasteiger partial charge on any atom is -0.495 e. The van der Waals surface area contributed by atoms with Crippen LogP contribution < -0.4 is 13.9 Å². The molecule has 23 heavy (non-hydrogen) atoms. The van der Waals surface area contributed by atoms with Gasteiger partial charge in [0.05, 0.1) is 31.6 Å². The summed E-state index contributed by atoms with van der Waals surface area (Å²) in [5, 5.41) is 0. The number of rotatable bonds is 5. The Bertz CT molecular complexity index is 833.